The zero-order chi connectivity index (χ0) is 28.6. The van der Waals surface area contributed by atoms with Crippen LogP contribution in [0.25, 0.3) is 0 Å². The van der Waals surface area contributed by atoms with E-state index in [-0.39, 0.29) is 23.0 Å². The Morgan fingerprint density at radius 1 is 0.897 bits per heavy atom. The molecule has 0 aliphatic heterocycles. The third-order valence-corrected chi connectivity index (χ3v) is 7.82. The lowest BCUT2D eigenvalue weighted by Crippen LogP contribution is -2.55. The number of carbonyl (C=O) groups is 2. The molecule has 3 rings (SSSR count). The normalized spacial score (nSPS) is 12.3. The van der Waals surface area contributed by atoms with E-state index >= 15 is 0 Å². The molecular formula is C30H37N3O5S. The number of hydrogen-bond donors (Lipinski definition) is 1. The minimum absolute atomic E-state index is 0.0378. The quantitative estimate of drug-likeness (QED) is 0.375. The van der Waals surface area contributed by atoms with Crippen LogP contribution in [-0.4, -0.2) is 50.4 Å². The minimum atomic E-state index is -4.16. The lowest BCUT2D eigenvalue weighted by atomic mass is 10.1. The van der Waals surface area contributed by atoms with Crippen molar-refractivity contribution in [1.82, 2.24) is 10.2 Å². The largest absolute Gasteiger partial charge is 0.495 e. The maximum Gasteiger partial charge on any atom is 0.264 e. The number of hydrogen-bond acceptors (Lipinski definition) is 5. The van der Waals surface area contributed by atoms with Crippen LogP contribution < -0.4 is 14.4 Å². The van der Waals surface area contributed by atoms with Gasteiger partial charge in [0.2, 0.25) is 11.8 Å². The van der Waals surface area contributed by atoms with Crippen molar-refractivity contribution in [1.29, 1.82) is 0 Å². The summed E-state index contributed by atoms with van der Waals surface area (Å²) in [5, 5.41) is 2.97. The number of ether oxygens (including phenoxy) is 1. The molecule has 0 aliphatic rings. The van der Waals surface area contributed by atoms with Crippen LogP contribution in [0.4, 0.5) is 5.69 Å². The molecule has 1 atom stereocenters. The predicted octanol–water partition coefficient (Wildman–Crippen LogP) is 4.61. The van der Waals surface area contributed by atoms with Gasteiger partial charge in [0.25, 0.3) is 10.0 Å². The van der Waals surface area contributed by atoms with Crippen molar-refractivity contribution < 1.29 is 22.7 Å². The fraction of sp³-hybridized carbons (Fsp3) is 0.333. The van der Waals surface area contributed by atoms with Gasteiger partial charge >= 0.3 is 0 Å². The van der Waals surface area contributed by atoms with Crippen molar-refractivity contribution in [2.75, 3.05) is 18.0 Å². The fourth-order valence-electron chi connectivity index (χ4n) is 4.22. The average molecular weight is 552 g/mol. The molecule has 208 valence electrons. The Kier molecular flexibility index (Phi) is 9.75. The first-order valence-electron chi connectivity index (χ1n) is 12.8. The summed E-state index contributed by atoms with van der Waals surface area (Å²) in [6.45, 7) is 7.06. The third-order valence-electron chi connectivity index (χ3n) is 6.04. The Morgan fingerprint density at radius 3 is 2.03 bits per heavy atom. The standard InChI is InChI=1S/C30H37N3O5S/c1-6-25(29(35)31-30(2,3)4)32(21-23-15-9-7-10-16-23)28(34)22-33(26-19-13-14-20-27(26)38-5)39(36,37)24-17-11-8-12-18-24/h7-20,25H,6,21-22H2,1-5H3,(H,31,35)/t25-/m0/s1. The molecular weight excluding hydrogens is 514 g/mol. The van der Waals surface area contributed by atoms with E-state index in [1.165, 1.54) is 24.1 Å². The molecule has 0 aromatic heterocycles. The highest BCUT2D eigenvalue weighted by atomic mass is 32.2. The maximum atomic E-state index is 14.1. The van der Waals surface area contributed by atoms with Gasteiger partial charge in [0.1, 0.15) is 18.3 Å². The lowest BCUT2D eigenvalue weighted by molar-refractivity contribution is -0.141. The molecule has 9 heteroatoms. The van der Waals surface area contributed by atoms with Crippen LogP contribution in [0.1, 0.15) is 39.7 Å². The number of nitrogens with zero attached hydrogens (tertiary/aromatic N) is 2. The Hall–Kier alpha value is -3.85. The monoisotopic (exact) mass is 551 g/mol. The fourth-order valence-corrected chi connectivity index (χ4v) is 5.67. The van der Waals surface area contributed by atoms with Crippen LogP contribution in [0.3, 0.4) is 0 Å². The Balaban J connectivity index is 2.08. The van der Waals surface area contributed by atoms with E-state index in [4.69, 9.17) is 4.74 Å². The Bertz CT molecular complexity index is 1360. The molecule has 3 aromatic rings. The molecule has 0 saturated heterocycles. The molecule has 2 amide bonds. The second-order valence-corrected chi connectivity index (χ2v) is 12.0. The molecule has 39 heavy (non-hydrogen) atoms. The molecule has 0 saturated carbocycles. The van der Waals surface area contributed by atoms with Crippen LogP contribution >= 0.6 is 0 Å². The van der Waals surface area contributed by atoms with Gasteiger partial charge in [0.05, 0.1) is 17.7 Å². The number of rotatable bonds is 11. The minimum Gasteiger partial charge on any atom is -0.495 e. The number of sulfonamides is 1. The van der Waals surface area contributed by atoms with Crippen molar-refractivity contribution in [3.05, 3.63) is 90.5 Å². The summed E-state index contributed by atoms with van der Waals surface area (Å²) >= 11 is 0. The second-order valence-electron chi connectivity index (χ2n) is 10.2. The van der Waals surface area contributed by atoms with Gasteiger partial charge in [-0.2, -0.15) is 0 Å². The highest BCUT2D eigenvalue weighted by molar-refractivity contribution is 7.92. The highest BCUT2D eigenvalue weighted by Gasteiger charge is 2.35. The number of amides is 2. The van der Waals surface area contributed by atoms with Gasteiger partial charge in [0.15, 0.2) is 0 Å². The average Bonchev–Trinajstić information content (AvgIpc) is 2.91. The molecule has 0 radical (unpaired) electrons. The number of carbonyl (C=O) groups excluding carboxylic acids is 2. The number of nitrogens with one attached hydrogen (secondary N) is 1. The summed E-state index contributed by atoms with van der Waals surface area (Å²) in [6.07, 6.45) is 0.348. The van der Waals surface area contributed by atoms with Gasteiger partial charge in [-0.05, 0) is 57.0 Å². The molecule has 1 N–H and O–H groups in total. The van der Waals surface area contributed by atoms with E-state index in [9.17, 15) is 18.0 Å². The summed E-state index contributed by atoms with van der Waals surface area (Å²) in [4.78, 5) is 28.9. The van der Waals surface area contributed by atoms with E-state index in [0.29, 0.717) is 12.2 Å². The molecule has 0 bridgehead atoms. The maximum absolute atomic E-state index is 14.1. The summed E-state index contributed by atoms with van der Waals surface area (Å²) in [7, 11) is -2.72. The van der Waals surface area contributed by atoms with Gasteiger partial charge in [-0.1, -0.05) is 67.6 Å². The summed E-state index contributed by atoms with van der Waals surface area (Å²) in [5.41, 5.74) is 0.540. The van der Waals surface area contributed by atoms with E-state index in [0.717, 1.165) is 9.87 Å². The predicted molar refractivity (Wildman–Crippen MR) is 153 cm³/mol. The first-order chi connectivity index (χ1) is 18.5. The number of para-hydroxylation sites is 2. The number of methoxy groups -OCH3 is 1. The summed E-state index contributed by atoms with van der Waals surface area (Å²) < 4.78 is 34.3. The van der Waals surface area contributed by atoms with E-state index in [1.807, 2.05) is 58.0 Å². The van der Waals surface area contributed by atoms with E-state index in [1.54, 1.807) is 42.5 Å². The molecule has 0 fully saturated rings. The van der Waals surface area contributed by atoms with Crippen molar-refractivity contribution in [2.45, 2.75) is 57.1 Å². The van der Waals surface area contributed by atoms with Gasteiger partial charge in [-0.3, -0.25) is 13.9 Å². The van der Waals surface area contributed by atoms with Crippen LogP contribution in [0.2, 0.25) is 0 Å². The van der Waals surface area contributed by atoms with Crippen molar-refractivity contribution in [3.8, 4) is 5.75 Å². The van der Waals surface area contributed by atoms with Gasteiger partial charge in [-0.25, -0.2) is 8.42 Å². The topological polar surface area (TPSA) is 96.0 Å². The SMILES string of the molecule is CC[C@@H](C(=O)NC(C)(C)C)N(Cc1ccccc1)C(=O)CN(c1ccccc1OC)S(=O)(=O)c1ccccc1. The Morgan fingerprint density at radius 2 is 1.46 bits per heavy atom. The van der Waals surface area contributed by atoms with E-state index in [2.05, 4.69) is 5.32 Å². The van der Waals surface area contributed by atoms with Gasteiger partial charge in [0, 0.05) is 12.1 Å². The molecule has 3 aromatic carbocycles. The highest BCUT2D eigenvalue weighted by Crippen LogP contribution is 2.32. The summed E-state index contributed by atoms with van der Waals surface area (Å²) in [6, 6.07) is 23.1. The zero-order valence-corrected chi connectivity index (χ0v) is 23.9. The van der Waals surface area contributed by atoms with Crippen LogP contribution in [-0.2, 0) is 26.2 Å². The van der Waals surface area contributed by atoms with Crippen LogP contribution in [0, 0.1) is 0 Å². The summed E-state index contributed by atoms with van der Waals surface area (Å²) in [5.74, 6) is -0.513. The first-order valence-corrected chi connectivity index (χ1v) is 14.3. The number of benzene rings is 3. The van der Waals surface area contributed by atoms with Gasteiger partial charge in [-0.15, -0.1) is 0 Å². The third kappa shape index (κ3) is 7.60. The lowest BCUT2D eigenvalue weighted by Gasteiger charge is -2.35. The van der Waals surface area contributed by atoms with E-state index < -0.39 is 34.1 Å². The molecule has 0 unspecified atom stereocenters. The molecule has 0 aliphatic carbocycles. The van der Waals surface area contributed by atoms with Crippen molar-refractivity contribution in [2.24, 2.45) is 0 Å². The zero-order valence-electron chi connectivity index (χ0n) is 23.1. The smallest absolute Gasteiger partial charge is 0.264 e. The van der Waals surface area contributed by atoms with Crippen molar-refractivity contribution >= 4 is 27.5 Å². The van der Waals surface area contributed by atoms with Crippen LogP contribution in [0.5, 0.6) is 5.75 Å². The molecule has 0 heterocycles. The first kappa shape index (κ1) is 29.7. The number of anilines is 1. The molecule has 8 nitrogen and oxygen atoms in total. The van der Waals surface area contributed by atoms with Crippen molar-refractivity contribution in [3.63, 3.8) is 0 Å². The van der Waals surface area contributed by atoms with Gasteiger partial charge < -0.3 is 15.0 Å². The molecule has 0 spiro atoms. The second kappa shape index (κ2) is 12.8. The Labute approximate surface area is 231 Å². The van der Waals surface area contributed by atoms with Crippen LogP contribution in [0.15, 0.2) is 89.8 Å².